The average Bonchev–Trinajstić information content (AvgIpc) is 2.80. The minimum absolute atomic E-state index is 0.316. The first-order valence-corrected chi connectivity index (χ1v) is 5.96. The lowest BCUT2D eigenvalue weighted by molar-refractivity contribution is 0.370. The molecule has 2 rings (SSSR count). The van der Waals surface area contributed by atoms with Crippen molar-refractivity contribution in [3.05, 3.63) is 46.9 Å². The highest BCUT2D eigenvalue weighted by atomic mass is 19.1. The normalized spacial score (nSPS) is 12.7. The van der Waals surface area contributed by atoms with Crippen LogP contribution in [0.4, 0.5) is 4.39 Å². The molecule has 0 saturated carbocycles. The lowest BCUT2D eigenvalue weighted by Crippen LogP contribution is -2.15. The Morgan fingerprint density at radius 2 is 2.22 bits per heavy atom. The molecule has 0 aliphatic carbocycles. The maximum Gasteiger partial charge on any atom is 0.226 e. The van der Waals surface area contributed by atoms with E-state index >= 15 is 0 Å². The molecule has 0 saturated heterocycles. The van der Waals surface area contributed by atoms with E-state index in [4.69, 9.17) is 10.3 Å². The first-order chi connectivity index (χ1) is 8.61. The van der Waals surface area contributed by atoms with Crippen molar-refractivity contribution in [1.82, 2.24) is 10.1 Å². The van der Waals surface area contributed by atoms with Crippen LogP contribution >= 0.6 is 0 Å². The number of benzene rings is 1. The maximum atomic E-state index is 13.2. The van der Waals surface area contributed by atoms with E-state index in [0.717, 1.165) is 18.4 Å². The van der Waals surface area contributed by atoms with Crippen LogP contribution in [0.25, 0.3) is 0 Å². The molecule has 96 valence electrons. The number of nitrogens with two attached hydrogens (primary N) is 1. The summed E-state index contributed by atoms with van der Waals surface area (Å²) in [5.41, 5.74) is 7.63. The van der Waals surface area contributed by atoms with Crippen molar-refractivity contribution in [2.75, 3.05) is 0 Å². The Bertz CT molecular complexity index is 539. The molecule has 1 atom stereocenters. The summed E-state index contributed by atoms with van der Waals surface area (Å²) in [7, 11) is 0. The van der Waals surface area contributed by atoms with Crippen molar-refractivity contribution in [3.8, 4) is 0 Å². The fourth-order valence-electron chi connectivity index (χ4n) is 1.80. The molecule has 0 fully saturated rings. The van der Waals surface area contributed by atoms with Crippen LogP contribution in [0.15, 0.2) is 22.7 Å². The lowest BCUT2D eigenvalue weighted by atomic mass is 10.0. The molecule has 1 aromatic carbocycles. The van der Waals surface area contributed by atoms with E-state index in [1.54, 1.807) is 6.07 Å². The van der Waals surface area contributed by atoms with Crippen molar-refractivity contribution < 1.29 is 8.91 Å². The molecule has 1 unspecified atom stereocenters. The number of hydrogen-bond donors (Lipinski definition) is 1. The molecule has 18 heavy (non-hydrogen) atoms. The van der Waals surface area contributed by atoms with Gasteiger partial charge in [0.05, 0.1) is 6.04 Å². The van der Waals surface area contributed by atoms with Gasteiger partial charge < -0.3 is 10.3 Å². The van der Waals surface area contributed by atoms with Crippen molar-refractivity contribution in [3.63, 3.8) is 0 Å². The van der Waals surface area contributed by atoms with Crippen molar-refractivity contribution in [2.24, 2.45) is 5.73 Å². The Balaban J connectivity index is 2.29. The van der Waals surface area contributed by atoms with Gasteiger partial charge in [-0.2, -0.15) is 4.98 Å². The Morgan fingerprint density at radius 3 is 2.94 bits per heavy atom. The van der Waals surface area contributed by atoms with Gasteiger partial charge in [-0.1, -0.05) is 18.1 Å². The van der Waals surface area contributed by atoms with Crippen LogP contribution in [0, 0.1) is 12.7 Å². The highest BCUT2D eigenvalue weighted by Crippen LogP contribution is 2.21. The minimum atomic E-state index is -0.560. The van der Waals surface area contributed by atoms with Crippen LogP contribution in [-0.2, 0) is 6.42 Å². The average molecular weight is 249 g/mol. The molecule has 0 amide bonds. The predicted octanol–water partition coefficient (Wildman–Crippen LogP) is 2.52. The van der Waals surface area contributed by atoms with E-state index in [-0.39, 0.29) is 5.82 Å². The molecule has 5 heteroatoms. The molecular weight excluding hydrogens is 233 g/mol. The van der Waals surface area contributed by atoms with Crippen LogP contribution in [-0.4, -0.2) is 10.1 Å². The third-order valence-corrected chi connectivity index (χ3v) is 2.80. The topological polar surface area (TPSA) is 64.9 Å². The number of hydrogen-bond acceptors (Lipinski definition) is 4. The molecule has 0 radical (unpaired) electrons. The molecule has 0 bridgehead atoms. The molecular formula is C13H16FN3O. The van der Waals surface area contributed by atoms with E-state index in [1.807, 2.05) is 13.8 Å². The molecule has 1 aromatic heterocycles. The summed E-state index contributed by atoms with van der Waals surface area (Å²) in [6.45, 7) is 3.90. The number of nitrogens with zero attached hydrogens (tertiary/aromatic N) is 2. The zero-order valence-corrected chi connectivity index (χ0v) is 10.5. The number of aryl methyl sites for hydroxylation is 2. The maximum absolute atomic E-state index is 13.2. The van der Waals surface area contributed by atoms with Gasteiger partial charge >= 0.3 is 0 Å². The monoisotopic (exact) mass is 249 g/mol. The van der Waals surface area contributed by atoms with Gasteiger partial charge in [0.2, 0.25) is 5.89 Å². The molecule has 0 aliphatic rings. The molecule has 0 spiro atoms. The first kappa shape index (κ1) is 12.7. The van der Waals surface area contributed by atoms with Crippen LogP contribution < -0.4 is 5.73 Å². The number of aromatic nitrogens is 2. The number of rotatable bonds is 4. The summed E-state index contributed by atoms with van der Waals surface area (Å²) < 4.78 is 18.3. The van der Waals surface area contributed by atoms with Crippen molar-refractivity contribution in [2.45, 2.75) is 32.7 Å². The summed E-state index contributed by atoms with van der Waals surface area (Å²) in [4.78, 5) is 4.22. The first-order valence-electron chi connectivity index (χ1n) is 5.96. The molecule has 4 nitrogen and oxygen atoms in total. The Morgan fingerprint density at radius 1 is 1.44 bits per heavy atom. The largest absolute Gasteiger partial charge is 0.339 e. The summed E-state index contributed by atoms with van der Waals surface area (Å²) in [5, 5.41) is 3.85. The van der Waals surface area contributed by atoms with Gasteiger partial charge in [-0.25, -0.2) is 4.39 Å². The summed E-state index contributed by atoms with van der Waals surface area (Å²) >= 11 is 0. The van der Waals surface area contributed by atoms with Crippen LogP contribution in [0.2, 0.25) is 0 Å². The molecule has 0 aliphatic heterocycles. The van der Waals surface area contributed by atoms with E-state index in [0.29, 0.717) is 17.3 Å². The Kier molecular flexibility index (Phi) is 3.72. The zero-order chi connectivity index (χ0) is 13.1. The predicted molar refractivity (Wildman–Crippen MR) is 65.5 cm³/mol. The van der Waals surface area contributed by atoms with Gasteiger partial charge in [0.25, 0.3) is 0 Å². The van der Waals surface area contributed by atoms with Gasteiger partial charge in [0.1, 0.15) is 5.82 Å². The van der Waals surface area contributed by atoms with E-state index in [1.165, 1.54) is 12.1 Å². The fourth-order valence-corrected chi connectivity index (χ4v) is 1.80. The standard InChI is InChI=1S/C13H16FN3O/c1-3-4-11-16-13(17-18-11)12(15)10-7-9(14)6-5-8(10)2/h5-7,12H,3-4,15H2,1-2H3. The quantitative estimate of drug-likeness (QED) is 0.904. The van der Waals surface area contributed by atoms with Crippen LogP contribution in [0.3, 0.4) is 0 Å². The second-order valence-corrected chi connectivity index (χ2v) is 4.27. The highest BCUT2D eigenvalue weighted by molar-refractivity contribution is 5.32. The Labute approximate surface area is 105 Å². The second kappa shape index (κ2) is 5.27. The third-order valence-electron chi connectivity index (χ3n) is 2.80. The van der Waals surface area contributed by atoms with E-state index in [2.05, 4.69) is 10.1 Å². The van der Waals surface area contributed by atoms with E-state index in [9.17, 15) is 4.39 Å². The smallest absolute Gasteiger partial charge is 0.226 e. The van der Waals surface area contributed by atoms with Crippen LogP contribution in [0.1, 0.15) is 42.2 Å². The van der Waals surface area contributed by atoms with Crippen molar-refractivity contribution in [1.29, 1.82) is 0 Å². The summed E-state index contributed by atoms with van der Waals surface area (Å²) in [6, 6.07) is 3.95. The lowest BCUT2D eigenvalue weighted by Gasteiger charge is -2.10. The fraction of sp³-hybridized carbons (Fsp3) is 0.385. The van der Waals surface area contributed by atoms with Gasteiger partial charge in [0, 0.05) is 6.42 Å². The summed E-state index contributed by atoms with van der Waals surface area (Å²) in [6.07, 6.45) is 1.65. The van der Waals surface area contributed by atoms with Crippen molar-refractivity contribution >= 4 is 0 Å². The van der Waals surface area contributed by atoms with E-state index < -0.39 is 6.04 Å². The number of halogens is 1. The highest BCUT2D eigenvalue weighted by Gasteiger charge is 2.18. The molecule has 2 aromatic rings. The Hall–Kier alpha value is -1.75. The van der Waals surface area contributed by atoms with Crippen LogP contribution in [0.5, 0.6) is 0 Å². The van der Waals surface area contributed by atoms with Gasteiger partial charge in [0.15, 0.2) is 5.82 Å². The third kappa shape index (κ3) is 2.56. The minimum Gasteiger partial charge on any atom is -0.339 e. The van der Waals surface area contributed by atoms with Gasteiger partial charge in [-0.3, -0.25) is 0 Å². The SMILES string of the molecule is CCCc1nc(C(N)c2cc(F)ccc2C)no1. The zero-order valence-electron chi connectivity index (χ0n) is 10.5. The second-order valence-electron chi connectivity index (χ2n) is 4.27. The molecule has 2 N–H and O–H groups in total. The van der Waals surface area contributed by atoms with Gasteiger partial charge in [-0.15, -0.1) is 0 Å². The van der Waals surface area contributed by atoms with Gasteiger partial charge in [-0.05, 0) is 36.6 Å². The summed E-state index contributed by atoms with van der Waals surface area (Å²) in [5.74, 6) is 0.646. The molecule has 1 heterocycles.